The van der Waals surface area contributed by atoms with E-state index in [1.807, 2.05) is 49.5 Å². The Morgan fingerprint density at radius 2 is 1.96 bits per heavy atom. The third-order valence-electron chi connectivity index (χ3n) is 3.90. The highest BCUT2D eigenvalue weighted by atomic mass is 15.1. The molecule has 0 bridgehead atoms. The predicted molar refractivity (Wildman–Crippen MR) is 93.4 cm³/mol. The molecular weight excluding hydrogens is 300 g/mol. The molecule has 118 valence electrons. The van der Waals surface area contributed by atoms with Crippen LogP contribution in [0.5, 0.6) is 0 Å². The van der Waals surface area contributed by atoms with Crippen LogP contribution in [-0.4, -0.2) is 25.1 Å². The van der Waals surface area contributed by atoms with Crippen molar-refractivity contribution < 1.29 is 0 Å². The van der Waals surface area contributed by atoms with Gasteiger partial charge in [-0.3, -0.25) is 10.1 Å². The number of nitrogens with zero attached hydrogens (tertiary/aromatic N) is 4. The first-order valence-corrected chi connectivity index (χ1v) is 7.71. The Bertz CT molecular complexity index is 977. The molecule has 1 aromatic carbocycles. The Morgan fingerprint density at radius 1 is 1.04 bits per heavy atom. The molecule has 4 aromatic rings. The molecule has 0 radical (unpaired) electrons. The third-order valence-corrected chi connectivity index (χ3v) is 3.90. The molecule has 0 amide bonds. The Hall–Kier alpha value is -3.28. The fourth-order valence-electron chi connectivity index (χ4n) is 2.57. The van der Waals surface area contributed by atoms with Crippen molar-refractivity contribution in [3.05, 3.63) is 66.2 Å². The van der Waals surface area contributed by atoms with Gasteiger partial charge in [0.2, 0.25) is 0 Å². The molecule has 4 rings (SSSR count). The molecule has 6 nitrogen and oxygen atoms in total. The van der Waals surface area contributed by atoms with E-state index in [0.29, 0.717) is 12.4 Å². The lowest BCUT2D eigenvalue weighted by atomic mass is 10.2. The smallest absolute Gasteiger partial charge is 0.163 e. The van der Waals surface area contributed by atoms with Crippen molar-refractivity contribution in [2.75, 3.05) is 5.32 Å². The first-order valence-electron chi connectivity index (χ1n) is 7.71. The number of hydrogen-bond donors (Lipinski definition) is 2. The van der Waals surface area contributed by atoms with Gasteiger partial charge in [-0.2, -0.15) is 5.10 Å². The second-order valence-corrected chi connectivity index (χ2v) is 5.53. The van der Waals surface area contributed by atoms with Gasteiger partial charge in [0, 0.05) is 41.1 Å². The predicted octanol–water partition coefficient (Wildman–Crippen LogP) is 3.34. The number of H-pyrrole nitrogens is 1. The number of benzene rings is 1. The second-order valence-electron chi connectivity index (χ2n) is 5.53. The van der Waals surface area contributed by atoms with Crippen LogP contribution in [0, 0.1) is 6.92 Å². The van der Waals surface area contributed by atoms with E-state index in [1.54, 1.807) is 12.4 Å². The van der Waals surface area contributed by atoms with E-state index in [4.69, 9.17) is 4.98 Å². The molecule has 0 atom stereocenters. The van der Waals surface area contributed by atoms with Gasteiger partial charge in [0.1, 0.15) is 5.82 Å². The summed E-state index contributed by atoms with van der Waals surface area (Å²) in [6.07, 6.45) is 5.34. The van der Waals surface area contributed by atoms with Crippen LogP contribution in [0.3, 0.4) is 0 Å². The van der Waals surface area contributed by atoms with Crippen LogP contribution in [-0.2, 0) is 6.54 Å². The van der Waals surface area contributed by atoms with E-state index in [-0.39, 0.29) is 0 Å². The standard InChI is InChI=1S/C18H16N6/c1-12-14(11-21-24-12)10-20-18-15-6-2-3-7-16(15)22-17(23-18)13-5-4-8-19-9-13/h2-9,11H,10H2,1H3,(H,21,24)(H,20,22,23). The lowest BCUT2D eigenvalue weighted by Crippen LogP contribution is -2.04. The molecule has 0 spiro atoms. The molecule has 0 aliphatic heterocycles. The summed E-state index contributed by atoms with van der Waals surface area (Å²) in [4.78, 5) is 13.5. The number of nitrogens with one attached hydrogen (secondary N) is 2. The highest BCUT2D eigenvalue weighted by molar-refractivity contribution is 5.90. The van der Waals surface area contributed by atoms with E-state index in [2.05, 4.69) is 25.5 Å². The van der Waals surface area contributed by atoms with Gasteiger partial charge >= 0.3 is 0 Å². The van der Waals surface area contributed by atoms with Gasteiger partial charge < -0.3 is 5.32 Å². The molecule has 0 saturated heterocycles. The zero-order chi connectivity index (χ0) is 16.4. The van der Waals surface area contributed by atoms with Crippen LogP contribution in [0.2, 0.25) is 0 Å². The Balaban J connectivity index is 1.76. The van der Waals surface area contributed by atoms with Crippen LogP contribution in [0.25, 0.3) is 22.3 Å². The number of aryl methyl sites for hydroxylation is 1. The number of hydrogen-bond acceptors (Lipinski definition) is 5. The Kier molecular flexibility index (Phi) is 3.63. The normalized spacial score (nSPS) is 10.9. The molecule has 0 saturated carbocycles. The number of rotatable bonds is 4. The number of pyridine rings is 1. The molecular formula is C18H16N6. The van der Waals surface area contributed by atoms with E-state index in [9.17, 15) is 0 Å². The maximum Gasteiger partial charge on any atom is 0.163 e. The average Bonchev–Trinajstić information content (AvgIpc) is 3.05. The minimum absolute atomic E-state index is 0.649. The number of aromatic nitrogens is 5. The van der Waals surface area contributed by atoms with E-state index >= 15 is 0 Å². The molecule has 3 heterocycles. The fraction of sp³-hybridized carbons (Fsp3) is 0.111. The summed E-state index contributed by atoms with van der Waals surface area (Å²) in [5.41, 5.74) is 3.96. The van der Waals surface area contributed by atoms with Gasteiger partial charge in [-0.1, -0.05) is 12.1 Å². The van der Waals surface area contributed by atoms with Crippen molar-refractivity contribution in [3.8, 4) is 11.4 Å². The largest absolute Gasteiger partial charge is 0.365 e. The molecule has 24 heavy (non-hydrogen) atoms. The van der Waals surface area contributed by atoms with Crippen molar-refractivity contribution in [3.63, 3.8) is 0 Å². The Labute approximate surface area is 139 Å². The molecule has 2 N–H and O–H groups in total. The minimum atomic E-state index is 0.649. The van der Waals surface area contributed by atoms with Gasteiger partial charge in [-0.05, 0) is 31.2 Å². The number of anilines is 1. The number of para-hydroxylation sites is 1. The van der Waals surface area contributed by atoms with E-state index in [1.165, 1.54) is 0 Å². The highest BCUT2D eigenvalue weighted by Gasteiger charge is 2.10. The van der Waals surface area contributed by atoms with Crippen molar-refractivity contribution in [2.45, 2.75) is 13.5 Å². The van der Waals surface area contributed by atoms with Crippen molar-refractivity contribution >= 4 is 16.7 Å². The zero-order valence-corrected chi connectivity index (χ0v) is 13.2. The summed E-state index contributed by atoms with van der Waals surface area (Å²) >= 11 is 0. The average molecular weight is 316 g/mol. The molecule has 0 aliphatic rings. The fourth-order valence-corrected chi connectivity index (χ4v) is 2.57. The van der Waals surface area contributed by atoms with Crippen LogP contribution in [0.4, 0.5) is 5.82 Å². The quantitative estimate of drug-likeness (QED) is 0.603. The number of fused-ring (bicyclic) bond motifs is 1. The van der Waals surface area contributed by atoms with Gasteiger partial charge in [0.25, 0.3) is 0 Å². The number of aromatic amines is 1. The summed E-state index contributed by atoms with van der Waals surface area (Å²) in [6.45, 7) is 2.65. The maximum absolute atomic E-state index is 4.71. The summed E-state index contributed by atoms with van der Waals surface area (Å²) < 4.78 is 0. The summed E-state index contributed by atoms with van der Waals surface area (Å²) in [6, 6.07) is 11.8. The van der Waals surface area contributed by atoms with Crippen LogP contribution >= 0.6 is 0 Å². The summed E-state index contributed by atoms with van der Waals surface area (Å²) in [5.74, 6) is 1.47. The monoisotopic (exact) mass is 316 g/mol. The van der Waals surface area contributed by atoms with Crippen molar-refractivity contribution in [2.24, 2.45) is 0 Å². The van der Waals surface area contributed by atoms with E-state index < -0.39 is 0 Å². The molecule has 0 fully saturated rings. The van der Waals surface area contributed by atoms with Crippen LogP contribution in [0.15, 0.2) is 55.0 Å². The van der Waals surface area contributed by atoms with Crippen molar-refractivity contribution in [1.29, 1.82) is 0 Å². The van der Waals surface area contributed by atoms with Crippen molar-refractivity contribution in [1.82, 2.24) is 25.1 Å². The van der Waals surface area contributed by atoms with E-state index in [0.717, 1.165) is 33.5 Å². The van der Waals surface area contributed by atoms with Crippen LogP contribution < -0.4 is 5.32 Å². The Morgan fingerprint density at radius 3 is 2.75 bits per heavy atom. The minimum Gasteiger partial charge on any atom is -0.365 e. The first-order chi connectivity index (χ1) is 11.8. The van der Waals surface area contributed by atoms with Gasteiger partial charge in [-0.25, -0.2) is 9.97 Å². The topological polar surface area (TPSA) is 79.4 Å². The molecule has 3 aromatic heterocycles. The van der Waals surface area contributed by atoms with Gasteiger partial charge in [0.15, 0.2) is 5.82 Å². The molecule has 6 heteroatoms. The lowest BCUT2D eigenvalue weighted by molar-refractivity contribution is 1.04. The third kappa shape index (κ3) is 2.69. The summed E-state index contributed by atoms with van der Waals surface area (Å²) in [5, 5.41) is 11.4. The maximum atomic E-state index is 4.71. The molecule has 0 aliphatic carbocycles. The second kappa shape index (κ2) is 6.08. The van der Waals surface area contributed by atoms with Crippen LogP contribution in [0.1, 0.15) is 11.3 Å². The van der Waals surface area contributed by atoms with Gasteiger partial charge in [0.05, 0.1) is 11.7 Å². The highest BCUT2D eigenvalue weighted by Crippen LogP contribution is 2.25. The first kappa shape index (κ1) is 14.3. The van der Waals surface area contributed by atoms with Gasteiger partial charge in [-0.15, -0.1) is 0 Å². The zero-order valence-electron chi connectivity index (χ0n) is 13.2. The SMILES string of the molecule is Cc1[nH]ncc1CNc1nc(-c2cccnc2)nc2ccccc12. The summed E-state index contributed by atoms with van der Waals surface area (Å²) in [7, 11) is 0. The lowest BCUT2D eigenvalue weighted by Gasteiger charge is -2.10. The molecule has 0 unspecified atom stereocenters.